The fourth-order valence-electron chi connectivity index (χ4n) is 2.54. The second kappa shape index (κ2) is 4.58. The Labute approximate surface area is 119 Å². The van der Waals surface area contributed by atoms with Gasteiger partial charge in [-0.15, -0.1) is 0 Å². The van der Waals surface area contributed by atoms with Gasteiger partial charge < -0.3 is 0 Å². The number of aryl methyl sites for hydroxylation is 2. The monoisotopic (exact) mass is 291 g/mol. The van der Waals surface area contributed by atoms with Gasteiger partial charge in [0.25, 0.3) is 0 Å². The number of aromatic nitrogens is 3. The summed E-state index contributed by atoms with van der Waals surface area (Å²) in [7, 11) is 0. The molecule has 2 heterocycles. The van der Waals surface area contributed by atoms with Crippen LogP contribution in [0.3, 0.4) is 0 Å². The minimum Gasteiger partial charge on any atom is -0.298 e. The maximum atomic E-state index is 12.8. The minimum atomic E-state index is -4.34. The molecule has 0 amide bonds. The number of halogens is 3. The zero-order valence-electron chi connectivity index (χ0n) is 11.4. The van der Waals surface area contributed by atoms with Gasteiger partial charge in [0.1, 0.15) is 11.8 Å². The van der Waals surface area contributed by atoms with Crippen LogP contribution in [0.5, 0.6) is 0 Å². The summed E-state index contributed by atoms with van der Waals surface area (Å²) in [6.45, 7) is 3.34. The average molecular weight is 291 g/mol. The van der Waals surface area contributed by atoms with Crippen LogP contribution in [0.2, 0.25) is 0 Å². The molecular weight excluding hydrogens is 279 g/mol. The third-order valence-electron chi connectivity index (χ3n) is 3.41. The van der Waals surface area contributed by atoms with Gasteiger partial charge in [-0.1, -0.05) is 0 Å². The van der Waals surface area contributed by atoms with Gasteiger partial charge in [0, 0.05) is 6.20 Å². The molecule has 0 fully saturated rings. The van der Waals surface area contributed by atoms with Crippen LogP contribution in [-0.4, -0.2) is 14.5 Å². The molecule has 0 aliphatic heterocycles. The summed E-state index contributed by atoms with van der Waals surface area (Å²) in [6, 6.07) is 4.11. The lowest BCUT2D eigenvalue weighted by Gasteiger charge is -2.15. The standard InChI is InChI=1S/C15H12F3N3/c1-9-5-11(15(16,17)18)6-10(2)14(9)21-8-20-12-7-19-4-3-13(12)21/h3-8H,1-2H3. The molecule has 3 rings (SSSR count). The molecule has 0 spiro atoms. The van der Waals surface area contributed by atoms with Crippen molar-refractivity contribution in [1.82, 2.24) is 14.5 Å². The lowest BCUT2D eigenvalue weighted by atomic mass is 10.0. The third-order valence-corrected chi connectivity index (χ3v) is 3.41. The summed E-state index contributed by atoms with van der Waals surface area (Å²) in [5.74, 6) is 0. The van der Waals surface area contributed by atoms with Crippen molar-refractivity contribution in [2.75, 3.05) is 0 Å². The van der Waals surface area contributed by atoms with Gasteiger partial charge in [-0.25, -0.2) is 4.98 Å². The van der Waals surface area contributed by atoms with E-state index in [-0.39, 0.29) is 0 Å². The van der Waals surface area contributed by atoms with E-state index in [1.807, 2.05) is 0 Å². The number of alkyl halides is 3. The maximum absolute atomic E-state index is 12.8. The van der Waals surface area contributed by atoms with Crippen molar-refractivity contribution in [2.24, 2.45) is 0 Å². The molecule has 3 nitrogen and oxygen atoms in total. The summed E-state index contributed by atoms with van der Waals surface area (Å²) >= 11 is 0. The van der Waals surface area contributed by atoms with Crippen molar-refractivity contribution in [1.29, 1.82) is 0 Å². The highest BCUT2D eigenvalue weighted by atomic mass is 19.4. The van der Waals surface area contributed by atoms with E-state index in [0.717, 1.165) is 23.3 Å². The number of imidazole rings is 1. The van der Waals surface area contributed by atoms with Crippen molar-refractivity contribution < 1.29 is 13.2 Å². The maximum Gasteiger partial charge on any atom is 0.416 e. The number of hydrogen-bond donors (Lipinski definition) is 0. The van der Waals surface area contributed by atoms with Gasteiger partial charge in [0.05, 0.1) is 23.0 Å². The van der Waals surface area contributed by atoms with Gasteiger partial charge in [-0.05, 0) is 43.2 Å². The largest absolute Gasteiger partial charge is 0.416 e. The van der Waals surface area contributed by atoms with Gasteiger partial charge >= 0.3 is 6.18 Å². The molecule has 0 aliphatic rings. The van der Waals surface area contributed by atoms with Crippen molar-refractivity contribution in [3.05, 3.63) is 53.6 Å². The first-order valence-electron chi connectivity index (χ1n) is 6.34. The van der Waals surface area contributed by atoms with Crippen molar-refractivity contribution in [3.63, 3.8) is 0 Å². The van der Waals surface area contributed by atoms with E-state index < -0.39 is 11.7 Å². The van der Waals surface area contributed by atoms with E-state index in [9.17, 15) is 13.2 Å². The quantitative estimate of drug-likeness (QED) is 0.677. The molecule has 2 aromatic heterocycles. The normalized spacial score (nSPS) is 12.0. The first-order chi connectivity index (χ1) is 9.88. The van der Waals surface area contributed by atoms with Crippen molar-refractivity contribution in [2.45, 2.75) is 20.0 Å². The van der Waals surface area contributed by atoms with E-state index in [1.165, 1.54) is 0 Å². The molecule has 1 aromatic carbocycles. The van der Waals surface area contributed by atoms with Crippen LogP contribution >= 0.6 is 0 Å². The van der Waals surface area contributed by atoms with E-state index in [1.54, 1.807) is 43.2 Å². The fraction of sp³-hybridized carbons (Fsp3) is 0.200. The van der Waals surface area contributed by atoms with Crippen molar-refractivity contribution >= 4 is 11.0 Å². The zero-order valence-corrected chi connectivity index (χ0v) is 11.4. The Kier molecular flexibility index (Phi) is 2.97. The van der Waals surface area contributed by atoms with E-state index in [2.05, 4.69) is 9.97 Å². The molecule has 0 unspecified atom stereocenters. The summed E-state index contributed by atoms with van der Waals surface area (Å²) in [5, 5.41) is 0. The summed E-state index contributed by atoms with van der Waals surface area (Å²) in [5.41, 5.74) is 2.72. The number of rotatable bonds is 1. The topological polar surface area (TPSA) is 30.7 Å². The first-order valence-corrected chi connectivity index (χ1v) is 6.34. The van der Waals surface area contributed by atoms with Crippen LogP contribution in [0.15, 0.2) is 36.9 Å². The van der Waals surface area contributed by atoms with Crippen LogP contribution in [-0.2, 0) is 6.18 Å². The first kappa shape index (κ1) is 13.6. The molecule has 0 saturated carbocycles. The summed E-state index contributed by atoms with van der Waals surface area (Å²) in [6.07, 6.45) is 0.528. The van der Waals surface area contributed by atoms with Crippen LogP contribution < -0.4 is 0 Å². The summed E-state index contributed by atoms with van der Waals surface area (Å²) < 4.78 is 40.3. The molecular formula is C15H12F3N3. The number of benzene rings is 1. The summed E-state index contributed by atoms with van der Waals surface area (Å²) in [4.78, 5) is 8.21. The highest BCUT2D eigenvalue weighted by Gasteiger charge is 2.31. The van der Waals surface area contributed by atoms with Gasteiger partial charge in [0.15, 0.2) is 0 Å². The Hall–Kier alpha value is -2.37. The predicted octanol–water partition coefficient (Wildman–Crippen LogP) is 4.06. The Morgan fingerprint density at radius 1 is 1.10 bits per heavy atom. The molecule has 0 saturated heterocycles. The smallest absolute Gasteiger partial charge is 0.298 e. The number of nitrogens with zero attached hydrogens (tertiary/aromatic N) is 3. The lowest BCUT2D eigenvalue weighted by Crippen LogP contribution is -2.08. The molecule has 108 valence electrons. The van der Waals surface area contributed by atoms with Gasteiger partial charge in [-0.3, -0.25) is 9.55 Å². The second-order valence-electron chi connectivity index (χ2n) is 4.94. The molecule has 0 radical (unpaired) electrons. The molecule has 0 atom stereocenters. The Bertz CT molecular complexity index is 795. The Morgan fingerprint density at radius 2 is 1.76 bits per heavy atom. The van der Waals surface area contributed by atoms with Crippen LogP contribution in [0.1, 0.15) is 16.7 Å². The average Bonchev–Trinajstić information content (AvgIpc) is 2.81. The number of pyridine rings is 1. The minimum absolute atomic E-state index is 0.554. The van der Waals surface area contributed by atoms with Gasteiger partial charge in [0.2, 0.25) is 0 Å². The highest BCUT2D eigenvalue weighted by molar-refractivity contribution is 5.77. The van der Waals surface area contributed by atoms with Crippen LogP contribution in [0.25, 0.3) is 16.7 Å². The molecule has 0 aliphatic carbocycles. The molecule has 3 aromatic rings. The predicted molar refractivity (Wildman–Crippen MR) is 73.3 cm³/mol. The van der Waals surface area contributed by atoms with Crippen LogP contribution in [0.4, 0.5) is 13.2 Å². The third kappa shape index (κ3) is 2.26. The van der Waals surface area contributed by atoms with Crippen molar-refractivity contribution in [3.8, 4) is 5.69 Å². The SMILES string of the molecule is Cc1cc(C(F)(F)F)cc(C)c1-n1cnc2cnccc21. The zero-order chi connectivity index (χ0) is 15.2. The van der Waals surface area contributed by atoms with Crippen LogP contribution in [0, 0.1) is 13.8 Å². The Morgan fingerprint density at radius 3 is 2.38 bits per heavy atom. The van der Waals surface area contributed by atoms with E-state index in [4.69, 9.17) is 0 Å². The number of fused-ring (bicyclic) bond motifs is 1. The van der Waals surface area contributed by atoms with E-state index in [0.29, 0.717) is 16.6 Å². The number of hydrogen-bond acceptors (Lipinski definition) is 2. The highest BCUT2D eigenvalue weighted by Crippen LogP contribution is 2.33. The Balaban J connectivity index is 2.24. The molecule has 6 heteroatoms. The van der Waals surface area contributed by atoms with E-state index >= 15 is 0 Å². The fourth-order valence-corrected chi connectivity index (χ4v) is 2.54. The molecule has 0 N–H and O–H groups in total. The molecule has 0 bridgehead atoms. The molecule has 21 heavy (non-hydrogen) atoms. The lowest BCUT2D eigenvalue weighted by molar-refractivity contribution is -0.137. The second-order valence-corrected chi connectivity index (χ2v) is 4.94. The van der Waals surface area contributed by atoms with Gasteiger partial charge in [-0.2, -0.15) is 13.2 Å².